The lowest BCUT2D eigenvalue weighted by atomic mass is 9.75. The zero-order valence-corrected chi connectivity index (χ0v) is 13.4. The largest absolute Gasteiger partial charge is 0.313 e. The molecular formula is C16H31NS. The van der Waals surface area contributed by atoms with Crippen LogP contribution in [0.15, 0.2) is 0 Å². The van der Waals surface area contributed by atoms with Crippen LogP contribution in [-0.2, 0) is 0 Å². The third-order valence-corrected chi connectivity index (χ3v) is 6.67. The number of thioether (sulfide) groups is 1. The second kappa shape index (κ2) is 6.17. The summed E-state index contributed by atoms with van der Waals surface area (Å²) in [6, 6.07) is 0.795. The van der Waals surface area contributed by atoms with Crippen LogP contribution < -0.4 is 5.32 Å². The lowest BCUT2D eigenvalue weighted by molar-refractivity contribution is 0.201. The average Bonchev–Trinajstić information content (AvgIpc) is 2.39. The summed E-state index contributed by atoms with van der Waals surface area (Å²) in [5, 5.41) is 3.90. The van der Waals surface area contributed by atoms with E-state index in [0.717, 1.165) is 6.04 Å². The summed E-state index contributed by atoms with van der Waals surface area (Å²) in [5.41, 5.74) is 0.597. The van der Waals surface area contributed by atoms with Crippen LogP contribution in [0.25, 0.3) is 0 Å². The second-order valence-corrected chi connectivity index (χ2v) is 8.54. The first-order valence-corrected chi connectivity index (χ1v) is 9.06. The van der Waals surface area contributed by atoms with Gasteiger partial charge in [0.05, 0.1) is 0 Å². The van der Waals surface area contributed by atoms with Crippen LogP contribution >= 0.6 is 11.8 Å². The molecule has 0 bridgehead atoms. The molecule has 0 unspecified atom stereocenters. The fourth-order valence-corrected chi connectivity index (χ4v) is 4.51. The van der Waals surface area contributed by atoms with E-state index >= 15 is 0 Å². The van der Waals surface area contributed by atoms with Crippen molar-refractivity contribution in [2.75, 3.05) is 12.8 Å². The molecule has 2 saturated carbocycles. The maximum Gasteiger partial charge on any atom is 0.0281 e. The molecule has 1 N–H and O–H groups in total. The predicted octanol–water partition coefficient (Wildman–Crippen LogP) is 4.61. The Morgan fingerprint density at radius 1 is 1.00 bits per heavy atom. The summed E-state index contributed by atoms with van der Waals surface area (Å²) in [5.74, 6) is 0. The van der Waals surface area contributed by atoms with Gasteiger partial charge in [-0.2, -0.15) is 11.8 Å². The molecule has 106 valence electrons. The van der Waals surface area contributed by atoms with Crippen LogP contribution in [0.2, 0.25) is 0 Å². The predicted molar refractivity (Wildman–Crippen MR) is 83.4 cm³/mol. The molecule has 0 aliphatic heterocycles. The standard InChI is InChI=1S/C16H31NS/c1-15(2)11-7-14(8-12-15)17-13-16(18-3)9-5-4-6-10-16/h14,17H,4-13H2,1-3H3. The Hall–Kier alpha value is 0.310. The summed E-state index contributed by atoms with van der Waals surface area (Å²) in [6.07, 6.45) is 15.1. The quantitative estimate of drug-likeness (QED) is 0.800. The van der Waals surface area contributed by atoms with E-state index in [-0.39, 0.29) is 0 Å². The molecule has 0 saturated heterocycles. The van der Waals surface area contributed by atoms with E-state index in [2.05, 4.69) is 37.2 Å². The monoisotopic (exact) mass is 269 g/mol. The number of hydrogen-bond acceptors (Lipinski definition) is 2. The molecular weight excluding hydrogens is 238 g/mol. The molecule has 0 aromatic heterocycles. The van der Waals surface area contributed by atoms with Crippen molar-refractivity contribution >= 4 is 11.8 Å². The third kappa shape index (κ3) is 3.90. The van der Waals surface area contributed by atoms with Gasteiger partial charge >= 0.3 is 0 Å². The average molecular weight is 269 g/mol. The molecule has 2 aliphatic rings. The molecule has 2 heteroatoms. The summed E-state index contributed by atoms with van der Waals surface area (Å²) in [4.78, 5) is 0. The molecule has 2 rings (SSSR count). The Morgan fingerprint density at radius 2 is 1.61 bits per heavy atom. The first-order valence-electron chi connectivity index (χ1n) is 7.84. The molecule has 1 nitrogen and oxygen atoms in total. The Kier molecular flexibility index (Phi) is 5.05. The van der Waals surface area contributed by atoms with Crippen molar-refractivity contribution in [3.8, 4) is 0 Å². The zero-order chi connectivity index (χ0) is 13.1. The molecule has 2 fully saturated rings. The molecule has 0 atom stereocenters. The van der Waals surface area contributed by atoms with Crippen LogP contribution in [-0.4, -0.2) is 23.6 Å². The van der Waals surface area contributed by atoms with E-state index in [1.165, 1.54) is 64.3 Å². The van der Waals surface area contributed by atoms with E-state index < -0.39 is 0 Å². The molecule has 0 aromatic carbocycles. The minimum Gasteiger partial charge on any atom is -0.313 e. The lowest BCUT2D eigenvalue weighted by Gasteiger charge is -2.40. The van der Waals surface area contributed by atoms with Crippen LogP contribution in [0.1, 0.15) is 71.6 Å². The highest BCUT2D eigenvalue weighted by Gasteiger charge is 2.33. The first kappa shape index (κ1) is 14.7. The van der Waals surface area contributed by atoms with Gasteiger partial charge in [-0.3, -0.25) is 0 Å². The van der Waals surface area contributed by atoms with Crippen LogP contribution in [0.5, 0.6) is 0 Å². The highest BCUT2D eigenvalue weighted by molar-refractivity contribution is 8.00. The maximum atomic E-state index is 3.90. The van der Waals surface area contributed by atoms with Crippen LogP contribution in [0, 0.1) is 5.41 Å². The van der Waals surface area contributed by atoms with E-state index in [1.807, 2.05) is 0 Å². The Bertz CT molecular complexity index is 246. The van der Waals surface area contributed by atoms with E-state index in [0.29, 0.717) is 10.2 Å². The van der Waals surface area contributed by atoms with Gasteiger partial charge in [-0.25, -0.2) is 0 Å². The van der Waals surface area contributed by atoms with Gasteiger partial charge in [0.15, 0.2) is 0 Å². The number of hydrogen-bond donors (Lipinski definition) is 1. The SMILES string of the molecule is CSC1(CNC2CCC(C)(C)CC2)CCCCC1. The van der Waals surface area contributed by atoms with Gasteiger partial charge in [0.2, 0.25) is 0 Å². The molecule has 0 heterocycles. The third-order valence-electron chi connectivity index (χ3n) is 5.25. The maximum absolute atomic E-state index is 3.90. The van der Waals surface area contributed by atoms with Crippen molar-refractivity contribution in [2.45, 2.75) is 82.4 Å². The molecule has 18 heavy (non-hydrogen) atoms. The van der Waals surface area contributed by atoms with Crippen molar-refractivity contribution < 1.29 is 0 Å². The highest BCUT2D eigenvalue weighted by atomic mass is 32.2. The van der Waals surface area contributed by atoms with Crippen LogP contribution in [0.4, 0.5) is 0 Å². The van der Waals surface area contributed by atoms with Crippen LogP contribution in [0.3, 0.4) is 0 Å². The summed E-state index contributed by atoms with van der Waals surface area (Å²) in [7, 11) is 0. The van der Waals surface area contributed by atoms with E-state index in [1.54, 1.807) is 0 Å². The molecule has 0 aromatic rings. The Balaban J connectivity index is 1.76. The minimum atomic E-state index is 0.561. The fraction of sp³-hybridized carbons (Fsp3) is 1.00. The van der Waals surface area contributed by atoms with Crippen molar-refractivity contribution in [3.63, 3.8) is 0 Å². The van der Waals surface area contributed by atoms with Gasteiger partial charge in [0.25, 0.3) is 0 Å². The second-order valence-electron chi connectivity index (χ2n) is 7.27. The van der Waals surface area contributed by atoms with Crippen molar-refractivity contribution in [2.24, 2.45) is 5.41 Å². The zero-order valence-electron chi connectivity index (χ0n) is 12.6. The van der Waals surface area contributed by atoms with E-state index in [9.17, 15) is 0 Å². The molecule has 0 spiro atoms. The Morgan fingerprint density at radius 3 is 2.17 bits per heavy atom. The summed E-state index contributed by atoms with van der Waals surface area (Å²) in [6.45, 7) is 6.10. The van der Waals surface area contributed by atoms with Gasteiger partial charge in [0, 0.05) is 17.3 Å². The van der Waals surface area contributed by atoms with E-state index in [4.69, 9.17) is 0 Å². The van der Waals surface area contributed by atoms with Crippen molar-refractivity contribution in [3.05, 3.63) is 0 Å². The lowest BCUT2D eigenvalue weighted by Crippen LogP contribution is -2.45. The minimum absolute atomic E-state index is 0.561. The molecule has 2 aliphatic carbocycles. The van der Waals surface area contributed by atoms with Gasteiger partial charge < -0.3 is 5.32 Å². The normalized spacial score (nSPS) is 28.2. The topological polar surface area (TPSA) is 12.0 Å². The Labute approximate surface area is 118 Å². The highest BCUT2D eigenvalue weighted by Crippen LogP contribution is 2.39. The first-order chi connectivity index (χ1) is 8.55. The van der Waals surface area contributed by atoms with Gasteiger partial charge in [0.1, 0.15) is 0 Å². The molecule has 0 amide bonds. The van der Waals surface area contributed by atoms with Gasteiger partial charge in [-0.1, -0.05) is 33.1 Å². The molecule has 0 radical (unpaired) electrons. The van der Waals surface area contributed by atoms with Gasteiger partial charge in [-0.05, 0) is 50.2 Å². The number of nitrogens with one attached hydrogen (secondary N) is 1. The fourth-order valence-electron chi connectivity index (χ4n) is 3.58. The van der Waals surface area contributed by atoms with Crippen molar-refractivity contribution in [1.82, 2.24) is 5.32 Å². The number of rotatable bonds is 4. The summed E-state index contributed by atoms with van der Waals surface area (Å²) < 4.78 is 0.561. The summed E-state index contributed by atoms with van der Waals surface area (Å²) >= 11 is 2.12. The van der Waals surface area contributed by atoms with Crippen molar-refractivity contribution in [1.29, 1.82) is 0 Å². The van der Waals surface area contributed by atoms with Gasteiger partial charge in [-0.15, -0.1) is 0 Å². The smallest absolute Gasteiger partial charge is 0.0281 e.